The molecule has 2 aromatic carbocycles. The largest absolute Gasteiger partial charge is 0.497 e. The summed E-state index contributed by atoms with van der Waals surface area (Å²) in [6, 6.07) is 22.4. The van der Waals surface area contributed by atoms with E-state index in [0.717, 1.165) is 30.8 Å². The second kappa shape index (κ2) is 10.3. The summed E-state index contributed by atoms with van der Waals surface area (Å²) >= 11 is 0. The molecule has 3 aromatic rings. The van der Waals surface area contributed by atoms with Gasteiger partial charge in [0.05, 0.1) is 12.7 Å². The highest BCUT2D eigenvalue weighted by Gasteiger charge is 2.44. The van der Waals surface area contributed by atoms with Gasteiger partial charge in [-0.05, 0) is 61.3 Å². The fourth-order valence-electron chi connectivity index (χ4n) is 5.35. The summed E-state index contributed by atoms with van der Waals surface area (Å²) in [6.07, 6.45) is 6.29. The van der Waals surface area contributed by atoms with Crippen LogP contribution < -0.4 is 15.4 Å². The number of nitrogens with zero attached hydrogens (tertiary/aromatic N) is 2. The molecule has 1 amide bonds. The standard InChI is InChI=1S/C28H32N4O2/c1-34-22-15-13-21(14-16-22)31-27-23(11-8-18-30-27)28(33)32-19-24(20-9-4-2-5-10-20)26-25(32)12-6-3-7-17-29-26/h2,4-5,8-11,13-16,18,24-26,29H,3,6-7,12,17,19H2,1H3,(H,30,31)/t24-,25-,26-/m0/s1. The molecular weight excluding hydrogens is 424 g/mol. The highest BCUT2D eigenvalue weighted by Crippen LogP contribution is 2.37. The number of amides is 1. The van der Waals surface area contributed by atoms with E-state index in [4.69, 9.17) is 4.74 Å². The van der Waals surface area contributed by atoms with E-state index in [0.29, 0.717) is 17.9 Å². The number of carbonyl (C=O) groups is 1. The number of methoxy groups -OCH3 is 1. The van der Waals surface area contributed by atoms with Gasteiger partial charge in [0.2, 0.25) is 0 Å². The second-order valence-electron chi connectivity index (χ2n) is 9.12. The fourth-order valence-corrected chi connectivity index (χ4v) is 5.35. The third-order valence-electron chi connectivity index (χ3n) is 7.08. The van der Waals surface area contributed by atoms with Crippen molar-refractivity contribution in [3.05, 3.63) is 84.1 Å². The van der Waals surface area contributed by atoms with Crippen molar-refractivity contribution in [2.75, 3.05) is 25.5 Å². The molecule has 0 saturated carbocycles. The van der Waals surface area contributed by atoms with E-state index in [-0.39, 0.29) is 23.9 Å². The number of anilines is 2. The zero-order valence-electron chi connectivity index (χ0n) is 19.6. The summed E-state index contributed by atoms with van der Waals surface area (Å²) in [5.74, 6) is 1.69. The van der Waals surface area contributed by atoms with Crippen LogP contribution in [0.25, 0.3) is 0 Å². The Hall–Kier alpha value is -3.38. The van der Waals surface area contributed by atoms with E-state index >= 15 is 0 Å². The highest BCUT2D eigenvalue weighted by atomic mass is 16.5. The Labute approximate surface area is 201 Å². The van der Waals surface area contributed by atoms with Crippen molar-refractivity contribution in [3.8, 4) is 5.75 Å². The van der Waals surface area contributed by atoms with Gasteiger partial charge in [-0.1, -0.05) is 43.2 Å². The molecule has 2 saturated heterocycles. The topological polar surface area (TPSA) is 66.5 Å². The average Bonchev–Trinajstić information content (AvgIpc) is 3.22. The molecule has 0 aliphatic carbocycles. The van der Waals surface area contributed by atoms with Crippen molar-refractivity contribution < 1.29 is 9.53 Å². The lowest BCUT2D eigenvalue weighted by molar-refractivity contribution is 0.0713. The second-order valence-corrected chi connectivity index (χ2v) is 9.12. The predicted octanol–water partition coefficient (Wildman–Crippen LogP) is 4.97. The van der Waals surface area contributed by atoms with Crippen LogP contribution in [0.15, 0.2) is 72.9 Å². The van der Waals surface area contributed by atoms with Gasteiger partial charge in [-0.3, -0.25) is 4.79 Å². The van der Waals surface area contributed by atoms with Gasteiger partial charge in [-0.15, -0.1) is 0 Å². The zero-order chi connectivity index (χ0) is 23.3. The Morgan fingerprint density at radius 1 is 1.03 bits per heavy atom. The van der Waals surface area contributed by atoms with Crippen LogP contribution in [0, 0.1) is 0 Å². The lowest BCUT2D eigenvalue weighted by Gasteiger charge is -2.31. The molecule has 6 nitrogen and oxygen atoms in total. The maximum Gasteiger partial charge on any atom is 0.257 e. The number of fused-ring (bicyclic) bond motifs is 1. The molecule has 3 heterocycles. The number of pyridine rings is 1. The Bertz CT molecular complexity index is 1100. The van der Waals surface area contributed by atoms with Crippen LogP contribution in [0.2, 0.25) is 0 Å². The van der Waals surface area contributed by atoms with E-state index < -0.39 is 0 Å². The van der Waals surface area contributed by atoms with Crippen molar-refractivity contribution in [2.24, 2.45) is 0 Å². The molecular formula is C28H32N4O2. The molecule has 2 N–H and O–H groups in total. The van der Waals surface area contributed by atoms with Crippen LogP contribution in [0.3, 0.4) is 0 Å². The third kappa shape index (κ3) is 4.64. The first-order valence-corrected chi connectivity index (χ1v) is 12.2. The van der Waals surface area contributed by atoms with E-state index in [2.05, 4.69) is 50.8 Å². The summed E-state index contributed by atoms with van der Waals surface area (Å²) in [5.41, 5.74) is 2.76. The molecule has 0 spiro atoms. The minimum absolute atomic E-state index is 0.0416. The van der Waals surface area contributed by atoms with E-state index in [9.17, 15) is 4.79 Å². The van der Waals surface area contributed by atoms with Crippen molar-refractivity contribution >= 4 is 17.4 Å². The van der Waals surface area contributed by atoms with Crippen molar-refractivity contribution in [3.63, 3.8) is 0 Å². The molecule has 2 aliphatic rings. The zero-order valence-corrected chi connectivity index (χ0v) is 19.6. The van der Waals surface area contributed by atoms with Crippen LogP contribution in [0.4, 0.5) is 11.5 Å². The maximum absolute atomic E-state index is 14.0. The van der Waals surface area contributed by atoms with Gasteiger partial charge in [0.25, 0.3) is 5.91 Å². The smallest absolute Gasteiger partial charge is 0.257 e. The number of benzene rings is 2. The summed E-state index contributed by atoms with van der Waals surface area (Å²) in [4.78, 5) is 20.6. The number of nitrogens with one attached hydrogen (secondary N) is 2. The summed E-state index contributed by atoms with van der Waals surface area (Å²) in [6.45, 7) is 1.71. The number of carbonyl (C=O) groups excluding carboxylic acids is 1. The lowest BCUT2D eigenvalue weighted by atomic mass is 9.88. The fraction of sp³-hybridized carbons (Fsp3) is 0.357. The number of hydrogen-bond donors (Lipinski definition) is 2. The first kappa shape index (κ1) is 22.4. The predicted molar refractivity (Wildman–Crippen MR) is 135 cm³/mol. The normalized spacial score (nSPS) is 22.4. The molecule has 0 radical (unpaired) electrons. The molecule has 0 bridgehead atoms. The van der Waals surface area contributed by atoms with Gasteiger partial charge < -0.3 is 20.3 Å². The Morgan fingerprint density at radius 2 is 1.85 bits per heavy atom. The summed E-state index contributed by atoms with van der Waals surface area (Å²) in [5, 5.41) is 7.13. The number of rotatable bonds is 5. The molecule has 1 aromatic heterocycles. The quantitative estimate of drug-likeness (QED) is 0.567. The molecule has 3 atom stereocenters. The minimum atomic E-state index is 0.0416. The van der Waals surface area contributed by atoms with Crippen molar-refractivity contribution in [1.82, 2.24) is 15.2 Å². The molecule has 2 aliphatic heterocycles. The lowest BCUT2D eigenvalue weighted by Crippen LogP contribution is -2.47. The first-order chi connectivity index (χ1) is 16.7. The molecule has 5 rings (SSSR count). The third-order valence-corrected chi connectivity index (χ3v) is 7.08. The first-order valence-electron chi connectivity index (χ1n) is 12.2. The van der Waals surface area contributed by atoms with E-state index in [1.54, 1.807) is 13.3 Å². The number of aromatic nitrogens is 1. The van der Waals surface area contributed by atoms with E-state index in [1.165, 1.54) is 18.4 Å². The van der Waals surface area contributed by atoms with Crippen LogP contribution >= 0.6 is 0 Å². The number of ether oxygens (including phenoxy) is 1. The molecule has 176 valence electrons. The average molecular weight is 457 g/mol. The monoisotopic (exact) mass is 456 g/mol. The van der Waals surface area contributed by atoms with Crippen molar-refractivity contribution in [2.45, 2.75) is 43.7 Å². The van der Waals surface area contributed by atoms with Gasteiger partial charge in [0.1, 0.15) is 11.6 Å². The van der Waals surface area contributed by atoms with E-state index in [1.807, 2.05) is 36.4 Å². The molecule has 2 fully saturated rings. The number of hydrogen-bond acceptors (Lipinski definition) is 5. The SMILES string of the molecule is COc1ccc(Nc2ncccc2C(=O)N2C[C@@H](c3ccccc3)[C@@H]3NCCCCC[C@@H]32)cc1. The molecule has 0 unspecified atom stereocenters. The Balaban J connectivity index is 1.44. The van der Waals surface area contributed by atoms with Crippen molar-refractivity contribution in [1.29, 1.82) is 0 Å². The maximum atomic E-state index is 14.0. The van der Waals surface area contributed by atoms with Gasteiger partial charge in [0, 0.05) is 36.4 Å². The summed E-state index contributed by atoms with van der Waals surface area (Å²) < 4.78 is 5.25. The van der Waals surface area contributed by atoms with Crippen LogP contribution in [0.5, 0.6) is 5.75 Å². The van der Waals surface area contributed by atoms with Crippen LogP contribution in [0.1, 0.15) is 47.5 Å². The van der Waals surface area contributed by atoms with Gasteiger partial charge in [-0.2, -0.15) is 0 Å². The minimum Gasteiger partial charge on any atom is -0.497 e. The van der Waals surface area contributed by atoms with Gasteiger partial charge in [0.15, 0.2) is 0 Å². The Kier molecular flexibility index (Phi) is 6.77. The molecule has 6 heteroatoms. The number of likely N-dealkylation sites (tertiary alicyclic amines) is 1. The Morgan fingerprint density at radius 3 is 2.65 bits per heavy atom. The van der Waals surface area contributed by atoms with Crippen LogP contribution in [-0.2, 0) is 0 Å². The van der Waals surface area contributed by atoms with Gasteiger partial charge in [-0.25, -0.2) is 4.98 Å². The van der Waals surface area contributed by atoms with Crippen LogP contribution in [-0.4, -0.2) is 48.1 Å². The summed E-state index contributed by atoms with van der Waals surface area (Å²) in [7, 11) is 1.65. The van der Waals surface area contributed by atoms with Gasteiger partial charge >= 0.3 is 0 Å². The molecule has 34 heavy (non-hydrogen) atoms. The highest BCUT2D eigenvalue weighted by molar-refractivity contribution is 5.99.